The molecule has 0 saturated heterocycles. The van der Waals surface area contributed by atoms with Crippen molar-refractivity contribution in [1.82, 2.24) is 5.32 Å². The number of ketones is 1. The quantitative estimate of drug-likeness (QED) is 0.241. The highest BCUT2D eigenvalue weighted by atomic mass is 35.5. The summed E-state index contributed by atoms with van der Waals surface area (Å²) in [4.78, 5) is 26.0. The molecule has 146 valence electrons. The van der Waals surface area contributed by atoms with Gasteiger partial charge in [0.2, 0.25) is 5.78 Å². The molecule has 0 saturated carbocycles. The number of fused-ring (bicyclic) bond motifs is 1. The molecule has 0 fully saturated rings. The van der Waals surface area contributed by atoms with Crippen LogP contribution in [0.1, 0.15) is 17.3 Å². The lowest BCUT2D eigenvalue weighted by atomic mass is 9.99. The summed E-state index contributed by atoms with van der Waals surface area (Å²) in [6, 6.07) is 20.1. The molecule has 0 aliphatic carbocycles. The molecule has 1 amide bonds. The van der Waals surface area contributed by atoms with Gasteiger partial charge < -0.3 is 10.6 Å². The number of halogens is 1. The van der Waals surface area contributed by atoms with Gasteiger partial charge in [-0.3, -0.25) is 9.59 Å². The molecule has 1 atom stereocenters. The fourth-order valence-corrected chi connectivity index (χ4v) is 3.16. The number of carbonyl (C=O) groups is 2. The van der Waals surface area contributed by atoms with Crippen molar-refractivity contribution in [2.24, 2.45) is 0 Å². The van der Waals surface area contributed by atoms with Crippen LogP contribution < -0.4 is 10.6 Å². The van der Waals surface area contributed by atoms with Gasteiger partial charge in [-0.1, -0.05) is 72.8 Å². The van der Waals surface area contributed by atoms with Crippen LogP contribution in [0.4, 0.5) is 5.69 Å². The van der Waals surface area contributed by atoms with E-state index >= 15 is 0 Å². The summed E-state index contributed by atoms with van der Waals surface area (Å²) in [6.45, 7) is 5.39. The van der Waals surface area contributed by atoms with E-state index in [4.69, 9.17) is 11.6 Å². The van der Waals surface area contributed by atoms with E-state index in [0.717, 1.165) is 10.8 Å². The molecule has 4 nitrogen and oxygen atoms in total. The number of Topliss-reactive ketones (excluding diaryl/α,β-unsaturated/α-hetero) is 1. The Labute approximate surface area is 174 Å². The molecule has 3 rings (SSSR count). The van der Waals surface area contributed by atoms with Crippen LogP contribution >= 0.6 is 11.6 Å². The lowest BCUT2D eigenvalue weighted by molar-refractivity contribution is -0.117. The Balaban J connectivity index is 1.98. The van der Waals surface area contributed by atoms with Gasteiger partial charge in [0.1, 0.15) is 0 Å². The lowest BCUT2D eigenvalue weighted by Gasteiger charge is -2.21. The van der Waals surface area contributed by atoms with E-state index in [1.54, 1.807) is 43.3 Å². The number of amides is 1. The minimum Gasteiger partial charge on any atom is -0.359 e. The van der Waals surface area contributed by atoms with Gasteiger partial charge in [-0.05, 0) is 42.0 Å². The molecular formula is C24H21ClN2O2. The van der Waals surface area contributed by atoms with Crippen molar-refractivity contribution in [3.05, 3.63) is 102 Å². The molecular weight excluding hydrogens is 384 g/mol. The second-order valence-corrected chi connectivity index (χ2v) is 6.83. The molecule has 0 radical (unpaired) electrons. The monoisotopic (exact) mass is 404 g/mol. The number of carbonyl (C=O) groups excluding carboxylic acids is 2. The van der Waals surface area contributed by atoms with Crippen LogP contribution in [0.25, 0.3) is 10.8 Å². The summed E-state index contributed by atoms with van der Waals surface area (Å²) in [5.74, 6) is -0.632. The summed E-state index contributed by atoms with van der Waals surface area (Å²) >= 11 is 5.95. The third-order valence-electron chi connectivity index (χ3n) is 4.54. The van der Waals surface area contributed by atoms with Gasteiger partial charge in [0.25, 0.3) is 5.91 Å². The number of benzene rings is 3. The first-order chi connectivity index (χ1) is 14.0. The molecule has 1 unspecified atom stereocenters. The Kier molecular flexibility index (Phi) is 6.47. The van der Waals surface area contributed by atoms with Crippen molar-refractivity contribution in [2.75, 3.05) is 5.32 Å². The predicted octanol–water partition coefficient (Wildman–Crippen LogP) is 5.36. The maximum atomic E-state index is 13.4. The molecule has 3 aromatic carbocycles. The fraction of sp³-hybridized carbons (Fsp3) is 0.0833. The fourth-order valence-electron chi connectivity index (χ4n) is 3.03. The molecule has 0 aliphatic heterocycles. The van der Waals surface area contributed by atoms with Crippen LogP contribution in [-0.4, -0.2) is 17.9 Å². The lowest BCUT2D eigenvalue weighted by Crippen LogP contribution is -2.46. The zero-order valence-corrected chi connectivity index (χ0v) is 16.7. The third-order valence-corrected chi connectivity index (χ3v) is 4.79. The predicted molar refractivity (Wildman–Crippen MR) is 119 cm³/mol. The van der Waals surface area contributed by atoms with Crippen molar-refractivity contribution in [1.29, 1.82) is 0 Å². The van der Waals surface area contributed by atoms with Crippen molar-refractivity contribution in [3.8, 4) is 0 Å². The Bertz CT molecular complexity index is 1080. The first-order valence-corrected chi connectivity index (χ1v) is 9.55. The van der Waals surface area contributed by atoms with Gasteiger partial charge in [-0.2, -0.15) is 0 Å². The zero-order chi connectivity index (χ0) is 20.8. The van der Waals surface area contributed by atoms with Crippen LogP contribution in [0.5, 0.6) is 0 Å². The van der Waals surface area contributed by atoms with E-state index in [2.05, 4.69) is 17.2 Å². The van der Waals surface area contributed by atoms with Crippen LogP contribution in [0.15, 0.2) is 91.0 Å². The highest BCUT2D eigenvalue weighted by molar-refractivity contribution is 6.30. The smallest absolute Gasteiger partial charge is 0.252 e. The number of anilines is 1. The number of rotatable bonds is 7. The van der Waals surface area contributed by atoms with Crippen molar-refractivity contribution >= 4 is 39.8 Å². The molecule has 0 heterocycles. The van der Waals surface area contributed by atoms with Gasteiger partial charge in [0.05, 0.1) is 0 Å². The Morgan fingerprint density at radius 2 is 1.69 bits per heavy atom. The molecule has 0 spiro atoms. The van der Waals surface area contributed by atoms with Crippen LogP contribution in [-0.2, 0) is 4.79 Å². The minimum absolute atomic E-state index is 0.246. The number of hydrogen-bond acceptors (Lipinski definition) is 3. The molecule has 2 N–H and O–H groups in total. The second kappa shape index (κ2) is 9.22. The maximum Gasteiger partial charge on any atom is 0.252 e. The highest BCUT2D eigenvalue weighted by Gasteiger charge is 2.24. The number of allylic oxidation sites excluding steroid dienone is 1. The van der Waals surface area contributed by atoms with Gasteiger partial charge in [-0.15, -0.1) is 0 Å². The molecule has 0 bridgehead atoms. The van der Waals surface area contributed by atoms with E-state index in [9.17, 15) is 9.59 Å². The normalized spacial score (nSPS) is 12.3. The summed E-state index contributed by atoms with van der Waals surface area (Å²) < 4.78 is 0. The summed E-state index contributed by atoms with van der Waals surface area (Å²) in [5.41, 5.74) is 1.57. The first kappa shape index (κ1) is 20.4. The van der Waals surface area contributed by atoms with E-state index < -0.39 is 6.17 Å². The van der Waals surface area contributed by atoms with Gasteiger partial charge in [-0.25, -0.2) is 0 Å². The summed E-state index contributed by atoms with van der Waals surface area (Å²) in [6.07, 6.45) is 2.13. The first-order valence-electron chi connectivity index (χ1n) is 9.17. The van der Waals surface area contributed by atoms with Crippen molar-refractivity contribution < 1.29 is 9.59 Å². The third kappa shape index (κ3) is 4.73. The van der Waals surface area contributed by atoms with Gasteiger partial charge >= 0.3 is 0 Å². The van der Waals surface area contributed by atoms with Crippen LogP contribution in [0, 0.1) is 0 Å². The van der Waals surface area contributed by atoms with Crippen LogP contribution in [0.3, 0.4) is 0 Å². The largest absolute Gasteiger partial charge is 0.359 e. The van der Waals surface area contributed by atoms with Crippen molar-refractivity contribution in [3.63, 3.8) is 0 Å². The van der Waals surface area contributed by atoms with Gasteiger partial charge in [0, 0.05) is 21.8 Å². The summed E-state index contributed by atoms with van der Waals surface area (Å²) in [7, 11) is 0. The zero-order valence-electron chi connectivity index (χ0n) is 16.0. The summed E-state index contributed by atoms with van der Waals surface area (Å²) in [5, 5.41) is 8.24. The highest BCUT2D eigenvalue weighted by Crippen LogP contribution is 2.21. The molecule has 0 aliphatic rings. The average molecular weight is 405 g/mol. The van der Waals surface area contributed by atoms with E-state index in [-0.39, 0.29) is 11.7 Å². The Morgan fingerprint density at radius 3 is 2.38 bits per heavy atom. The average Bonchev–Trinajstić information content (AvgIpc) is 2.74. The van der Waals surface area contributed by atoms with E-state index in [1.807, 2.05) is 36.4 Å². The number of hydrogen-bond donors (Lipinski definition) is 2. The topological polar surface area (TPSA) is 58.2 Å². The maximum absolute atomic E-state index is 13.4. The Morgan fingerprint density at radius 1 is 1.00 bits per heavy atom. The standard InChI is InChI=1S/C24H21ClN2O2/c1-3-16(4-2)24(29)27-23(26-19-14-12-18(25)13-15-19)22(28)21-11-7-9-17-8-5-6-10-20(17)21/h3-15,23,26H,1H2,2H3,(H,27,29). The molecule has 0 aromatic heterocycles. The molecule has 5 heteroatoms. The van der Waals surface area contributed by atoms with Gasteiger partial charge in [0.15, 0.2) is 6.17 Å². The van der Waals surface area contributed by atoms with E-state index in [0.29, 0.717) is 21.8 Å². The van der Waals surface area contributed by atoms with Crippen molar-refractivity contribution in [2.45, 2.75) is 13.1 Å². The minimum atomic E-state index is -0.968. The number of nitrogens with one attached hydrogen (secondary N) is 2. The SMILES string of the molecule is C=CC(=CC)C(=O)NC(Nc1ccc(Cl)cc1)C(=O)c1cccc2ccccc12. The molecule has 3 aromatic rings. The molecule has 29 heavy (non-hydrogen) atoms. The second-order valence-electron chi connectivity index (χ2n) is 6.40. The van der Waals surface area contributed by atoms with Crippen LogP contribution in [0.2, 0.25) is 5.02 Å². The Hall–Kier alpha value is -3.37. The van der Waals surface area contributed by atoms with E-state index in [1.165, 1.54) is 6.08 Å².